The third-order valence-electron chi connectivity index (χ3n) is 26.4. The highest BCUT2D eigenvalue weighted by molar-refractivity contribution is 6.09. The Labute approximate surface area is 708 Å². The second kappa shape index (κ2) is 30.2. The summed E-state index contributed by atoms with van der Waals surface area (Å²) in [6.45, 7) is 0. The first kappa shape index (κ1) is 72.4. The van der Waals surface area contributed by atoms with Gasteiger partial charge in [0.25, 0.3) is 0 Å². The minimum atomic E-state index is 0.180. The smallest absolute Gasteiger partial charge is 0.167 e. The highest BCUT2D eigenvalue weighted by atomic mass is 16.3. The molecule has 2 saturated carbocycles. The van der Waals surface area contributed by atoms with Gasteiger partial charge in [0, 0.05) is 60.2 Å². The molecule has 20 aromatic rings. The van der Waals surface area contributed by atoms with Crippen molar-refractivity contribution < 1.29 is 8.83 Å². The monoisotopic (exact) mass is 1570 g/mol. The highest BCUT2D eigenvalue weighted by Crippen LogP contribution is 2.58. The van der Waals surface area contributed by atoms with E-state index in [2.05, 4.69) is 315 Å². The van der Waals surface area contributed by atoms with E-state index in [9.17, 15) is 0 Å². The summed E-state index contributed by atoms with van der Waals surface area (Å²) in [5, 5.41) is 4.27. The van der Waals surface area contributed by atoms with E-state index in [0.717, 1.165) is 116 Å². The molecule has 4 aliphatic rings. The zero-order valence-corrected chi connectivity index (χ0v) is 67.4. The molecule has 0 N–H and O–H groups in total. The molecule has 24 rings (SSSR count). The van der Waals surface area contributed by atoms with Gasteiger partial charge in [0.15, 0.2) is 34.9 Å². The molecule has 580 valence electrons. The van der Waals surface area contributed by atoms with Crippen LogP contribution in [0.25, 0.3) is 201 Å². The Morgan fingerprint density at radius 1 is 0.172 bits per heavy atom. The van der Waals surface area contributed by atoms with Crippen LogP contribution < -0.4 is 0 Å². The molecular formula is C114H82N6O2. The van der Waals surface area contributed by atoms with Gasteiger partial charge in [0.1, 0.15) is 22.3 Å². The molecule has 0 saturated heterocycles. The summed E-state index contributed by atoms with van der Waals surface area (Å²) in [6.07, 6.45) is 12.9. The molecule has 0 aliphatic heterocycles. The van der Waals surface area contributed by atoms with Crippen molar-refractivity contribution in [2.75, 3.05) is 0 Å². The number of para-hydroxylation sites is 3. The van der Waals surface area contributed by atoms with Gasteiger partial charge in [-0.15, -0.1) is 0 Å². The first-order valence-electron chi connectivity index (χ1n) is 42.9. The summed E-state index contributed by atoms with van der Waals surface area (Å²) in [7, 11) is 0. The molecule has 122 heavy (non-hydrogen) atoms. The Morgan fingerprint density at radius 2 is 0.467 bits per heavy atom. The Bertz CT molecular complexity index is 7410. The van der Waals surface area contributed by atoms with Crippen molar-refractivity contribution in [1.29, 1.82) is 0 Å². The van der Waals surface area contributed by atoms with Gasteiger partial charge >= 0.3 is 0 Å². The van der Waals surface area contributed by atoms with Gasteiger partial charge in [-0.25, -0.2) is 29.9 Å². The lowest BCUT2D eigenvalue weighted by atomic mass is 9.68. The molecule has 8 heteroatoms. The van der Waals surface area contributed by atoms with E-state index in [1.54, 1.807) is 0 Å². The Kier molecular flexibility index (Phi) is 17.9. The fourth-order valence-corrected chi connectivity index (χ4v) is 20.2. The quantitative estimate of drug-likeness (QED) is 0.119. The molecule has 0 amide bonds. The van der Waals surface area contributed by atoms with Crippen LogP contribution >= 0.6 is 0 Å². The lowest BCUT2D eigenvalue weighted by Gasteiger charge is -2.36. The highest BCUT2D eigenvalue weighted by Gasteiger charge is 2.45. The number of fused-ring (bicyclic) bond motifs is 16. The van der Waals surface area contributed by atoms with E-state index < -0.39 is 0 Å². The van der Waals surface area contributed by atoms with E-state index in [0.29, 0.717) is 34.9 Å². The van der Waals surface area contributed by atoms with Gasteiger partial charge < -0.3 is 8.83 Å². The predicted octanol–water partition coefficient (Wildman–Crippen LogP) is 30.0. The van der Waals surface area contributed by atoms with Crippen LogP contribution in [-0.2, 0) is 10.8 Å². The van der Waals surface area contributed by atoms with Gasteiger partial charge in [-0.2, -0.15) is 0 Å². The van der Waals surface area contributed by atoms with Crippen molar-refractivity contribution in [2.24, 2.45) is 0 Å². The fraction of sp³-hybridized carbons (Fsp3) is 0.105. The Morgan fingerprint density at radius 3 is 0.951 bits per heavy atom. The number of rotatable bonds is 12. The molecule has 0 atom stereocenters. The Balaban J connectivity index is 0.000000142. The summed E-state index contributed by atoms with van der Waals surface area (Å²) < 4.78 is 12.7. The molecule has 16 aromatic carbocycles. The largest absolute Gasteiger partial charge is 0.456 e. The predicted molar refractivity (Wildman–Crippen MR) is 498 cm³/mol. The van der Waals surface area contributed by atoms with Crippen molar-refractivity contribution in [3.63, 3.8) is 0 Å². The van der Waals surface area contributed by atoms with Gasteiger partial charge in [-0.1, -0.05) is 366 Å². The maximum Gasteiger partial charge on any atom is 0.167 e. The number of hydrogen-bond donors (Lipinski definition) is 0. The van der Waals surface area contributed by atoms with E-state index in [1.165, 1.54) is 137 Å². The van der Waals surface area contributed by atoms with Crippen molar-refractivity contribution >= 4 is 43.9 Å². The average molecular weight is 1570 g/mol. The molecule has 8 nitrogen and oxygen atoms in total. The zero-order chi connectivity index (χ0) is 80.7. The van der Waals surface area contributed by atoms with Crippen LogP contribution in [0, 0.1) is 0 Å². The van der Waals surface area contributed by atoms with Crippen LogP contribution in [-0.4, -0.2) is 29.9 Å². The molecule has 4 aliphatic carbocycles. The van der Waals surface area contributed by atoms with Gasteiger partial charge in [-0.3, -0.25) is 0 Å². The SMILES string of the molecule is c1ccc(-c2ccc(-c3nc(-c4ccc(-c5ccc(-c6ccc7c(c6)-c6ccccc6C76CCCCC6)cc5)cc4)nc(-c4ccc5c(c4)oc4ccccc45)n3)cc2)cc1.c1ccc(-c2cccc(-c3nc(-c4ccc(-c5ccc(-c6ccc7c(c6)-c6ccccc6C76CCCCC6)cc5)cc4)nc(-c4cccc5c4oc4ccccc45)n3)c2)cc1. The van der Waals surface area contributed by atoms with E-state index in [4.69, 9.17) is 38.7 Å². The molecule has 0 radical (unpaired) electrons. The number of furan rings is 2. The molecular weight excluding hydrogens is 1490 g/mol. The molecule has 4 heterocycles. The van der Waals surface area contributed by atoms with Crippen LogP contribution in [0.2, 0.25) is 0 Å². The topological polar surface area (TPSA) is 104 Å². The molecule has 2 spiro atoms. The van der Waals surface area contributed by atoms with Crippen LogP contribution in [0.5, 0.6) is 0 Å². The first-order chi connectivity index (χ1) is 60.3. The third kappa shape index (κ3) is 12.8. The first-order valence-corrected chi connectivity index (χ1v) is 42.9. The lowest BCUT2D eigenvalue weighted by molar-refractivity contribution is 0.353. The number of hydrogen-bond acceptors (Lipinski definition) is 8. The number of aromatic nitrogens is 6. The summed E-state index contributed by atoms with van der Waals surface area (Å²) >= 11 is 0. The van der Waals surface area contributed by atoms with E-state index >= 15 is 0 Å². The molecule has 4 aromatic heterocycles. The average Bonchev–Trinajstić information content (AvgIpc) is 1.56. The van der Waals surface area contributed by atoms with Crippen LogP contribution in [0.3, 0.4) is 0 Å². The zero-order valence-electron chi connectivity index (χ0n) is 67.4. The summed E-state index contributed by atoms with van der Waals surface area (Å²) in [4.78, 5) is 30.6. The van der Waals surface area contributed by atoms with Gasteiger partial charge in [0.05, 0.1) is 5.56 Å². The molecule has 2 fully saturated rings. The summed E-state index contributed by atoms with van der Waals surface area (Å²) in [5.74, 6) is 3.61. The maximum absolute atomic E-state index is 6.46. The van der Waals surface area contributed by atoms with E-state index in [1.807, 2.05) is 60.7 Å². The van der Waals surface area contributed by atoms with Crippen molar-refractivity contribution in [1.82, 2.24) is 29.9 Å². The standard InChI is InChI=1S/2C57H41N3O/c1-3-13-37(14-4-1)42-15-11-16-44(35-42)55-58-54(59-56(60-55)48-20-12-19-47-46-18-6-8-22-52(46)61-53(47)48)41-29-27-39(28-30-41)38-23-25-40(26-24-38)43-31-32-51-49(36-43)45-17-5-7-21-50(45)57(51)33-9-2-10-34-57;1-3-11-37(12-4-1)38-21-25-42(26-22-38)54-58-55(60-56(59-54)45-29-31-48-47-14-6-8-16-52(47)61-53(48)36-45)43-27-23-40(24-28-43)39-17-19-41(20-18-39)44-30-32-51-49(35-44)46-13-5-7-15-50(46)57(51)33-9-2-10-34-57/h2*1,3-8,11-32,35-36H,2,9-10,33-34H2. The summed E-state index contributed by atoms with van der Waals surface area (Å²) in [5.41, 5.74) is 34.9. The molecule has 0 bridgehead atoms. The summed E-state index contributed by atoms with van der Waals surface area (Å²) in [6, 6.07) is 134. The maximum atomic E-state index is 6.46. The van der Waals surface area contributed by atoms with E-state index in [-0.39, 0.29) is 10.8 Å². The second-order valence-corrected chi connectivity index (χ2v) is 33.3. The lowest BCUT2D eigenvalue weighted by Crippen LogP contribution is -2.27. The molecule has 0 unspecified atom stereocenters. The van der Waals surface area contributed by atoms with Gasteiger partial charge in [0.2, 0.25) is 0 Å². The normalized spacial score (nSPS) is 14.0. The fourth-order valence-electron chi connectivity index (χ4n) is 20.2. The van der Waals surface area contributed by atoms with Crippen LogP contribution in [0.4, 0.5) is 0 Å². The van der Waals surface area contributed by atoms with Crippen molar-refractivity contribution in [2.45, 2.75) is 75.0 Å². The number of nitrogens with zero attached hydrogens (tertiary/aromatic N) is 6. The number of benzene rings is 16. The third-order valence-corrected chi connectivity index (χ3v) is 26.4. The van der Waals surface area contributed by atoms with Crippen LogP contribution in [0.15, 0.2) is 385 Å². The van der Waals surface area contributed by atoms with Gasteiger partial charge in [-0.05, 0) is 185 Å². The van der Waals surface area contributed by atoms with Crippen molar-refractivity contribution in [3.05, 3.63) is 398 Å². The Hall–Kier alpha value is -14.9. The minimum absolute atomic E-state index is 0.180. The minimum Gasteiger partial charge on any atom is -0.456 e. The van der Waals surface area contributed by atoms with Crippen molar-refractivity contribution in [3.8, 4) is 157 Å². The second-order valence-electron chi connectivity index (χ2n) is 33.3. The van der Waals surface area contributed by atoms with Crippen LogP contribution in [0.1, 0.15) is 86.5 Å².